The van der Waals surface area contributed by atoms with Gasteiger partial charge in [-0.05, 0) is 51.9 Å². The van der Waals surface area contributed by atoms with Crippen molar-refractivity contribution in [3.8, 4) is 0 Å². The summed E-state index contributed by atoms with van der Waals surface area (Å²) in [5.74, 6) is 0.402. The SMILES string of the molecule is C1CCN(C2CCNCC2)C1.CC.O=C1CCNCC1. The molecule has 0 aromatic carbocycles. The van der Waals surface area contributed by atoms with E-state index in [0.29, 0.717) is 5.78 Å². The number of ketones is 1. The Morgan fingerprint density at radius 3 is 1.85 bits per heavy atom. The fourth-order valence-electron chi connectivity index (χ4n) is 2.98. The van der Waals surface area contributed by atoms with Crippen molar-refractivity contribution in [1.29, 1.82) is 0 Å². The van der Waals surface area contributed by atoms with Crippen LogP contribution in [0.5, 0.6) is 0 Å². The van der Waals surface area contributed by atoms with Crippen LogP contribution in [-0.2, 0) is 4.79 Å². The molecule has 0 aromatic heterocycles. The van der Waals surface area contributed by atoms with Gasteiger partial charge in [-0.15, -0.1) is 0 Å². The number of carbonyl (C=O) groups is 1. The molecule has 118 valence electrons. The molecule has 0 amide bonds. The summed E-state index contributed by atoms with van der Waals surface area (Å²) in [4.78, 5) is 13.1. The fourth-order valence-corrected chi connectivity index (χ4v) is 2.98. The highest BCUT2D eigenvalue weighted by molar-refractivity contribution is 5.79. The summed E-state index contributed by atoms with van der Waals surface area (Å²) in [7, 11) is 0. The van der Waals surface area contributed by atoms with Gasteiger partial charge in [0.15, 0.2) is 0 Å². The van der Waals surface area contributed by atoms with Crippen molar-refractivity contribution in [2.45, 2.75) is 58.4 Å². The number of likely N-dealkylation sites (tertiary alicyclic amines) is 1. The van der Waals surface area contributed by atoms with Gasteiger partial charge in [-0.1, -0.05) is 13.8 Å². The Bertz CT molecular complexity index is 238. The molecule has 0 spiro atoms. The zero-order valence-electron chi connectivity index (χ0n) is 13.4. The van der Waals surface area contributed by atoms with Crippen LogP contribution in [0.25, 0.3) is 0 Å². The predicted molar refractivity (Wildman–Crippen MR) is 85.2 cm³/mol. The molecule has 3 heterocycles. The molecule has 3 aliphatic heterocycles. The summed E-state index contributed by atoms with van der Waals surface area (Å²) >= 11 is 0. The van der Waals surface area contributed by atoms with E-state index in [1.165, 1.54) is 51.9 Å². The van der Waals surface area contributed by atoms with Gasteiger partial charge < -0.3 is 15.5 Å². The Kier molecular flexibility index (Phi) is 9.89. The van der Waals surface area contributed by atoms with Gasteiger partial charge in [0, 0.05) is 32.0 Å². The summed E-state index contributed by atoms with van der Waals surface area (Å²) in [5, 5.41) is 6.51. The Morgan fingerprint density at radius 2 is 1.40 bits per heavy atom. The van der Waals surface area contributed by atoms with Crippen LogP contribution in [0.4, 0.5) is 0 Å². The molecule has 4 nitrogen and oxygen atoms in total. The minimum Gasteiger partial charge on any atom is -0.317 e. The third-order valence-electron chi connectivity index (χ3n) is 4.13. The van der Waals surface area contributed by atoms with Crippen molar-refractivity contribution in [3.05, 3.63) is 0 Å². The van der Waals surface area contributed by atoms with Crippen LogP contribution in [0.3, 0.4) is 0 Å². The second kappa shape index (κ2) is 11.2. The van der Waals surface area contributed by atoms with E-state index < -0.39 is 0 Å². The lowest BCUT2D eigenvalue weighted by molar-refractivity contribution is -0.119. The Morgan fingerprint density at radius 1 is 0.900 bits per heavy atom. The highest BCUT2D eigenvalue weighted by Crippen LogP contribution is 2.17. The lowest BCUT2D eigenvalue weighted by atomic mass is 10.1. The van der Waals surface area contributed by atoms with Crippen LogP contribution in [0.1, 0.15) is 52.4 Å². The molecule has 3 saturated heterocycles. The number of hydrogen-bond acceptors (Lipinski definition) is 4. The molecule has 3 rings (SSSR count). The Balaban J connectivity index is 0.000000193. The van der Waals surface area contributed by atoms with Gasteiger partial charge in [0.25, 0.3) is 0 Å². The van der Waals surface area contributed by atoms with Crippen molar-refractivity contribution < 1.29 is 4.79 Å². The first-order chi connectivity index (χ1) is 9.86. The first-order valence-electron chi connectivity index (χ1n) is 8.53. The number of nitrogens with one attached hydrogen (secondary N) is 2. The normalized spacial score (nSPS) is 24.4. The van der Waals surface area contributed by atoms with Gasteiger partial charge in [0.2, 0.25) is 0 Å². The van der Waals surface area contributed by atoms with Gasteiger partial charge in [-0.25, -0.2) is 0 Å². The maximum atomic E-state index is 10.4. The molecule has 3 aliphatic rings. The van der Waals surface area contributed by atoms with Crippen LogP contribution >= 0.6 is 0 Å². The zero-order chi connectivity index (χ0) is 14.6. The topological polar surface area (TPSA) is 44.4 Å². The largest absolute Gasteiger partial charge is 0.317 e. The van der Waals surface area contributed by atoms with Crippen LogP contribution < -0.4 is 10.6 Å². The van der Waals surface area contributed by atoms with Crippen LogP contribution in [-0.4, -0.2) is 56.0 Å². The number of nitrogens with zero attached hydrogens (tertiary/aromatic N) is 1. The van der Waals surface area contributed by atoms with Crippen LogP contribution in [0.15, 0.2) is 0 Å². The first kappa shape index (κ1) is 17.6. The van der Waals surface area contributed by atoms with E-state index in [4.69, 9.17) is 0 Å². The molecule has 0 bridgehead atoms. The second-order valence-corrected chi connectivity index (χ2v) is 5.51. The first-order valence-corrected chi connectivity index (χ1v) is 8.53. The van der Waals surface area contributed by atoms with Crippen molar-refractivity contribution in [2.24, 2.45) is 0 Å². The van der Waals surface area contributed by atoms with Crippen molar-refractivity contribution >= 4 is 5.78 Å². The van der Waals surface area contributed by atoms with E-state index in [2.05, 4.69) is 15.5 Å². The Hall–Kier alpha value is -0.450. The molecular formula is C16H33N3O. The standard InChI is InChI=1S/C9H18N2.C5H9NO.C2H6/c1-2-8-11(7-1)9-3-5-10-6-4-9;7-5-1-3-6-4-2-5;1-2/h9-10H,1-8H2;6H,1-4H2;1-2H3. The average Bonchev–Trinajstić information content (AvgIpc) is 3.06. The molecular weight excluding hydrogens is 250 g/mol. The molecule has 0 aromatic rings. The van der Waals surface area contributed by atoms with E-state index in [0.717, 1.165) is 32.0 Å². The Labute approximate surface area is 124 Å². The number of piperidine rings is 2. The van der Waals surface area contributed by atoms with Gasteiger partial charge in [0.05, 0.1) is 0 Å². The quantitative estimate of drug-likeness (QED) is 0.770. The van der Waals surface area contributed by atoms with Crippen molar-refractivity contribution in [2.75, 3.05) is 39.3 Å². The lowest BCUT2D eigenvalue weighted by Crippen LogP contribution is -2.41. The summed E-state index contributed by atoms with van der Waals surface area (Å²) in [6, 6.07) is 0.916. The molecule has 0 atom stereocenters. The van der Waals surface area contributed by atoms with Gasteiger partial charge in [-0.2, -0.15) is 0 Å². The van der Waals surface area contributed by atoms with Crippen LogP contribution in [0.2, 0.25) is 0 Å². The number of Topliss-reactive ketones (excluding diaryl/α,β-unsaturated/α-hetero) is 1. The van der Waals surface area contributed by atoms with E-state index in [1.54, 1.807) is 0 Å². The van der Waals surface area contributed by atoms with Gasteiger partial charge in [-0.3, -0.25) is 4.79 Å². The predicted octanol–water partition coefficient (Wildman–Crippen LogP) is 1.80. The third kappa shape index (κ3) is 6.82. The van der Waals surface area contributed by atoms with E-state index in [9.17, 15) is 4.79 Å². The monoisotopic (exact) mass is 283 g/mol. The molecule has 0 aliphatic carbocycles. The minimum atomic E-state index is 0.402. The van der Waals surface area contributed by atoms with Crippen molar-refractivity contribution in [1.82, 2.24) is 15.5 Å². The third-order valence-corrected chi connectivity index (χ3v) is 4.13. The summed E-state index contributed by atoms with van der Waals surface area (Å²) in [6.45, 7) is 11.0. The van der Waals surface area contributed by atoms with E-state index in [1.807, 2.05) is 13.8 Å². The fraction of sp³-hybridized carbons (Fsp3) is 0.938. The molecule has 4 heteroatoms. The number of carbonyl (C=O) groups excluding carboxylic acids is 1. The molecule has 0 unspecified atom stereocenters. The zero-order valence-corrected chi connectivity index (χ0v) is 13.4. The van der Waals surface area contributed by atoms with Gasteiger partial charge >= 0.3 is 0 Å². The van der Waals surface area contributed by atoms with Crippen LogP contribution in [0, 0.1) is 0 Å². The highest BCUT2D eigenvalue weighted by atomic mass is 16.1. The second-order valence-electron chi connectivity index (χ2n) is 5.51. The molecule has 20 heavy (non-hydrogen) atoms. The summed E-state index contributed by atoms with van der Waals surface area (Å²) < 4.78 is 0. The van der Waals surface area contributed by atoms with E-state index >= 15 is 0 Å². The molecule has 3 fully saturated rings. The van der Waals surface area contributed by atoms with E-state index in [-0.39, 0.29) is 0 Å². The molecule has 0 radical (unpaired) electrons. The number of hydrogen-bond donors (Lipinski definition) is 2. The average molecular weight is 283 g/mol. The maximum absolute atomic E-state index is 10.4. The molecule has 2 N–H and O–H groups in total. The lowest BCUT2D eigenvalue weighted by Gasteiger charge is -2.31. The highest BCUT2D eigenvalue weighted by Gasteiger charge is 2.22. The summed E-state index contributed by atoms with van der Waals surface area (Å²) in [5.41, 5.74) is 0. The number of rotatable bonds is 1. The smallest absolute Gasteiger partial charge is 0.135 e. The maximum Gasteiger partial charge on any atom is 0.135 e. The molecule has 0 saturated carbocycles. The minimum absolute atomic E-state index is 0.402. The van der Waals surface area contributed by atoms with Gasteiger partial charge in [0.1, 0.15) is 5.78 Å². The van der Waals surface area contributed by atoms with Crippen molar-refractivity contribution in [3.63, 3.8) is 0 Å². The summed E-state index contributed by atoms with van der Waals surface area (Å²) in [6.07, 6.45) is 7.09.